The zero-order chi connectivity index (χ0) is 21.3. The molecule has 1 atom stereocenters. The van der Waals surface area contributed by atoms with Gasteiger partial charge in [0, 0.05) is 17.8 Å². The minimum absolute atomic E-state index is 0.0344. The van der Waals surface area contributed by atoms with Crippen LogP contribution >= 0.6 is 11.6 Å². The zero-order valence-corrected chi connectivity index (χ0v) is 17.5. The lowest BCUT2D eigenvalue weighted by atomic mass is 10.2. The van der Waals surface area contributed by atoms with Crippen molar-refractivity contribution in [2.45, 2.75) is 25.6 Å². The fourth-order valence-electron chi connectivity index (χ4n) is 2.46. The van der Waals surface area contributed by atoms with Gasteiger partial charge in [0.1, 0.15) is 22.5 Å². The van der Waals surface area contributed by atoms with Crippen molar-refractivity contribution in [3.05, 3.63) is 70.7 Å². The van der Waals surface area contributed by atoms with E-state index in [1.807, 2.05) is 18.2 Å². The number of halogens is 1. The molecule has 2 aromatic carbocycles. The predicted molar refractivity (Wildman–Crippen MR) is 111 cm³/mol. The van der Waals surface area contributed by atoms with E-state index >= 15 is 0 Å². The van der Waals surface area contributed by atoms with Gasteiger partial charge in [-0.3, -0.25) is 4.79 Å². The van der Waals surface area contributed by atoms with E-state index in [-0.39, 0.29) is 25.3 Å². The fraction of sp³-hybridized carbons (Fsp3) is 0.300. The van der Waals surface area contributed by atoms with Gasteiger partial charge in [-0.05, 0) is 23.6 Å². The highest BCUT2D eigenvalue weighted by Crippen LogP contribution is 2.14. The van der Waals surface area contributed by atoms with Gasteiger partial charge in [0.2, 0.25) is 5.91 Å². The smallest absolute Gasteiger partial charge is 0.408 e. The van der Waals surface area contributed by atoms with Crippen molar-refractivity contribution in [1.82, 2.24) is 10.6 Å². The number of nitrogens with one attached hydrogen (secondary N) is 2. The Balaban J connectivity index is 1.96. The lowest BCUT2D eigenvalue weighted by Crippen LogP contribution is -2.47. The maximum Gasteiger partial charge on any atom is 0.408 e. The lowest BCUT2D eigenvalue weighted by Gasteiger charge is -2.18. The van der Waals surface area contributed by atoms with E-state index in [1.165, 1.54) is 0 Å². The van der Waals surface area contributed by atoms with Crippen molar-refractivity contribution in [3.8, 4) is 0 Å². The summed E-state index contributed by atoms with van der Waals surface area (Å²) >= 11 is 6.07. The fourth-order valence-corrected chi connectivity index (χ4v) is 3.32. The van der Waals surface area contributed by atoms with Crippen LogP contribution < -0.4 is 10.6 Å². The molecule has 0 fully saturated rings. The number of sulfone groups is 1. The van der Waals surface area contributed by atoms with Crippen molar-refractivity contribution in [2.24, 2.45) is 0 Å². The summed E-state index contributed by atoms with van der Waals surface area (Å²) in [7, 11) is -3.31. The lowest BCUT2D eigenvalue weighted by molar-refractivity contribution is -0.123. The van der Waals surface area contributed by atoms with Gasteiger partial charge in [-0.1, -0.05) is 60.1 Å². The Hall–Kier alpha value is -2.58. The topological polar surface area (TPSA) is 102 Å². The number of ether oxygens (including phenoxy) is 1. The van der Waals surface area contributed by atoms with Gasteiger partial charge in [-0.2, -0.15) is 0 Å². The first kappa shape index (κ1) is 22.7. The van der Waals surface area contributed by atoms with Gasteiger partial charge in [0.05, 0.1) is 5.75 Å². The number of carbonyl (C=O) groups is 2. The van der Waals surface area contributed by atoms with E-state index in [1.54, 1.807) is 36.4 Å². The van der Waals surface area contributed by atoms with Crippen LogP contribution in [0.25, 0.3) is 0 Å². The standard InChI is InChI=1S/C20H23ClN2O5S/c1-29(26,27)12-11-18(19(24)22-13-16-9-5-6-10-17(16)21)23-20(25)28-14-15-7-3-2-4-8-15/h2-10,18H,11-14H2,1H3,(H,22,24)(H,23,25). The maximum absolute atomic E-state index is 12.5. The number of rotatable bonds is 9. The molecule has 0 aromatic heterocycles. The molecule has 156 valence electrons. The number of hydrogen-bond acceptors (Lipinski definition) is 5. The summed E-state index contributed by atoms with van der Waals surface area (Å²) in [6.45, 7) is 0.182. The van der Waals surface area contributed by atoms with Crippen LogP contribution in [0.2, 0.25) is 5.02 Å². The molecule has 0 saturated carbocycles. The highest BCUT2D eigenvalue weighted by Gasteiger charge is 2.23. The number of amides is 2. The zero-order valence-electron chi connectivity index (χ0n) is 15.9. The predicted octanol–water partition coefficient (Wildman–Crippen LogP) is 2.69. The van der Waals surface area contributed by atoms with Crippen molar-refractivity contribution >= 4 is 33.4 Å². The SMILES string of the molecule is CS(=O)(=O)CCC(NC(=O)OCc1ccccc1)C(=O)NCc1ccccc1Cl. The van der Waals surface area contributed by atoms with E-state index in [2.05, 4.69) is 10.6 Å². The Morgan fingerprint density at radius 3 is 2.38 bits per heavy atom. The molecule has 0 aliphatic heterocycles. The first-order valence-electron chi connectivity index (χ1n) is 8.90. The van der Waals surface area contributed by atoms with Crippen LogP contribution in [0.4, 0.5) is 4.79 Å². The van der Waals surface area contributed by atoms with E-state index in [4.69, 9.17) is 16.3 Å². The van der Waals surface area contributed by atoms with Gasteiger partial charge >= 0.3 is 6.09 Å². The number of hydrogen-bond donors (Lipinski definition) is 2. The second kappa shape index (κ2) is 10.8. The normalized spacial score (nSPS) is 12.1. The van der Waals surface area contributed by atoms with Gasteiger partial charge in [-0.25, -0.2) is 13.2 Å². The Labute approximate surface area is 175 Å². The number of alkyl carbamates (subject to hydrolysis) is 1. The number of benzene rings is 2. The van der Waals surface area contributed by atoms with Gasteiger partial charge < -0.3 is 15.4 Å². The summed E-state index contributed by atoms with van der Waals surface area (Å²) in [4.78, 5) is 24.6. The van der Waals surface area contributed by atoms with Crippen molar-refractivity contribution in [1.29, 1.82) is 0 Å². The largest absolute Gasteiger partial charge is 0.445 e. The minimum Gasteiger partial charge on any atom is -0.445 e. The van der Waals surface area contributed by atoms with Crippen LogP contribution in [0, 0.1) is 0 Å². The average molecular weight is 439 g/mol. The molecular formula is C20H23ClN2O5S. The highest BCUT2D eigenvalue weighted by molar-refractivity contribution is 7.90. The van der Waals surface area contributed by atoms with Crippen molar-refractivity contribution in [3.63, 3.8) is 0 Å². The molecule has 0 bridgehead atoms. The Morgan fingerprint density at radius 1 is 1.07 bits per heavy atom. The maximum atomic E-state index is 12.5. The van der Waals surface area contributed by atoms with E-state index < -0.39 is 27.9 Å². The molecule has 29 heavy (non-hydrogen) atoms. The third-order valence-electron chi connectivity index (χ3n) is 4.01. The third kappa shape index (κ3) is 8.53. The molecule has 0 spiro atoms. The molecule has 1 unspecified atom stereocenters. The second-order valence-corrected chi connectivity index (χ2v) is 9.15. The number of carbonyl (C=O) groups excluding carboxylic acids is 2. The highest BCUT2D eigenvalue weighted by atomic mass is 35.5. The van der Waals surface area contributed by atoms with Gasteiger partial charge in [-0.15, -0.1) is 0 Å². The first-order valence-corrected chi connectivity index (χ1v) is 11.3. The molecule has 0 saturated heterocycles. The Bertz CT molecular complexity index is 935. The molecule has 7 nitrogen and oxygen atoms in total. The van der Waals surface area contributed by atoms with E-state index in [0.717, 1.165) is 11.8 Å². The molecule has 0 radical (unpaired) electrons. The van der Waals surface area contributed by atoms with Gasteiger partial charge in [0.25, 0.3) is 0 Å². The molecule has 2 amide bonds. The first-order chi connectivity index (χ1) is 13.7. The summed E-state index contributed by atoms with van der Waals surface area (Å²) in [5.74, 6) is -0.777. The quantitative estimate of drug-likeness (QED) is 0.626. The van der Waals surface area contributed by atoms with Crippen LogP contribution in [0.3, 0.4) is 0 Å². The van der Waals surface area contributed by atoms with Crippen LogP contribution in [-0.2, 0) is 32.5 Å². The van der Waals surface area contributed by atoms with E-state index in [0.29, 0.717) is 10.6 Å². The molecule has 9 heteroatoms. The summed E-state index contributed by atoms with van der Waals surface area (Å²) in [5.41, 5.74) is 1.49. The molecule has 0 heterocycles. The van der Waals surface area contributed by atoms with Crippen LogP contribution in [0.1, 0.15) is 17.5 Å². The van der Waals surface area contributed by atoms with E-state index in [9.17, 15) is 18.0 Å². The third-order valence-corrected chi connectivity index (χ3v) is 5.36. The second-order valence-electron chi connectivity index (χ2n) is 6.49. The van der Waals surface area contributed by atoms with Crippen LogP contribution in [0.15, 0.2) is 54.6 Å². The summed E-state index contributed by atoms with van der Waals surface area (Å²) in [5, 5.41) is 5.60. The Kier molecular flexibility index (Phi) is 8.48. The molecule has 0 aliphatic carbocycles. The molecule has 2 aromatic rings. The summed E-state index contributed by atoms with van der Waals surface area (Å²) in [6, 6.07) is 15.0. The van der Waals surface area contributed by atoms with Crippen molar-refractivity contribution < 1.29 is 22.7 Å². The van der Waals surface area contributed by atoms with Crippen LogP contribution in [0.5, 0.6) is 0 Å². The molecule has 2 rings (SSSR count). The van der Waals surface area contributed by atoms with Crippen LogP contribution in [-0.4, -0.2) is 38.5 Å². The van der Waals surface area contributed by atoms with Crippen molar-refractivity contribution in [2.75, 3.05) is 12.0 Å². The molecule has 2 N–H and O–H groups in total. The average Bonchev–Trinajstić information content (AvgIpc) is 2.69. The molecule has 0 aliphatic rings. The summed E-state index contributed by atoms with van der Waals surface area (Å²) in [6.07, 6.45) is 0.188. The summed E-state index contributed by atoms with van der Waals surface area (Å²) < 4.78 is 28.1. The monoisotopic (exact) mass is 438 g/mol. The Morgan fingerprint density at radius 2 is 1.72 bits per heavy atom. The molecular weight excluding hydrogens is 416 g/mol. The minimum atomic E-state index is -3.31. The van der Waals surface area contributed by atoms with Gasteiger partial charge in [0.15, 0.2) is 0 Å².